The van der Waals surface area contributed by atoms with Crippen molar-refractivity contribution in [1.82, 2.24) is 15.0 Å². The normalized spacial score (nSPS) is 47.2. The molecular weight excluding hydrogens is 198 g/mol. The summed E-state index contributed by atoms with van der Waals surface area (Å²) in [5, 5.41) is 8.51. The zero-order valence-electron chi connectivity index (χ0n) is 10.3. The van der Waals surface area contributed by atoms with E-state index in [-0.39, 0.29) is 0 Å². The molecule has 3 nitrogen and oxygen atoms in total. The summed E-state index contributed by atoms with van der Waals surface area (Å²) in [6.07, 6.45) is 6.50. The zero-order valence-corrected chi connectivity index (χ0v) is 10.3. The first-order chi connectivity index (χ1) is 7.50. The fourth-order valence-electron chi connectivity index (χ4n) is 4.59. The monoisotopic (exact) mass is 217 g/mol. The molecule has 1 aromatic heterocycles. The molecule has 86 valence electrons. The first-order valence-corrected chi connectivity index (χ1v) is 6.40. The Hall–Kier alpha value is -0.860. The number of nitrogens with zero attached hydrogens (tertiary/aromatic N) is 3. The number of rotatable bonds is 3. The van der Waals surface area contributed by atoms with Crippen molar-refractivity contribution in [3.8, 4) is 0 Å². The second-order valence-corrected chi connectivity index (χ2v) is 6.95. The predicted octanol–water partition coefficient (Wildman–Crippen LogP) is 2.59. The first kappa shape index (κ1) is 9.20. The van der Waals surface area contributed by atoms with E-state index in [1.165, 1.54) is 19.3 Å². The number of aromatic nitrogens is 3. The molecule has 3 heteroatoms. The van der Waals surface area contributed by atoms with Crippen LogP contribution in [0.2, 0.25) is 0 Å². The Labute approximate surface area is 96.2 Å². The van der Waals surface area contributed by atoms with E-state index in [2.05, 4.69) is 42.0 Å². The lowest BCUT2D eigenvalue weighted by atomic mass is 9.76. The Morgan fingerprint density at radius 3 is 2.62 bits per heavy atom. The van der Waals surface area contributed by atoms with Gasteiger partial charge in [0.15, 0.2) is 0 Å². The molecule has 1 spiro atoms. The fraction of sp³-hybridized carbons (Fsp3) is 0.846. The van der Waals surface area contributed by atoms with Gasteiger partial charge in [0, 0.05) is 12.7 Å². The van der Waals surface area contributed by atoms with Crippen LogP contribution in [-0.2, 0) is 6.54 Å². The first-order valence-electron chi connectivity index (χ1n) is 6.40. The average molecular weight is 217 g/mol. The quantitative estimate of drug-likeness (QED) is 0.779. The van der Waals surface area contributed by atoms with E-state index in [4.69, 9.17) is 0 Å². The van der Waals surface area contributed by atoms with Crippen LogP contribution in [0.3, 0.4) is 0 Å². The molecule has 0 radical (unpaired) electrons. The topological polar surface area (TPSA) is 30.7 Å². The van der Waals surface area contributed by atoms with Crippen molar-refractivity contribution >= 4 is 0 Å². The summed E-state index contributed by atoms with van der Waals surface area (Å²) in [4.78, 5) is 0. The van der Waals surface area contributed by atoms with Crippen LogP contribution >= 0.6 is 0 Å². The zero-order chi connectivity index (χ0) is 11.2. The molecule has 3 aliphatic carbocycles. The van der Waals surface area contributed by atoms with Gasteiger partial charge in [-0.2, -0.15) is 0 Å². The van der Waals surface area contributed by atoms with Crippen molar-refractivity contribution in [3.63, 3.8) is 0 Å². The minimum Gasteiger partial charge on any atom is -0.252 e. The van der Waals surface area contributed by atoms with Crippen molar-refractivity contribution < 1.29 is 0 Å². The van der Waals surface area contributed by atoms with Crippen LogP contribution in [0.15, 0.2) is 6.20 Å². The Balaban J connectivity index is 1.53. The minimum atomic E-state index is 0.493. The van der Waals surface area contributed by atoms with Crippen LogP contribution in [0.25, 0.3) is 0 Å². The van der Waals surface area contributed by atoms with E-state index in [1.54, 1.807) is 0 Å². The highest BCUT2D eigenvalue weighted by Crippen LogP contribution is 3.00. The lowest BCUT2D eigenvalue weighted by Gasteiger charge is -2.31. The van der Waals surface area contributed by atoms with E-state index in [1.807, 2.05) is 0 Å². The van der Waals surface area contributed by atoms with Crippen LogP contribution < -0.4 is 0 Å². The van der Waals surface area contributed by atoms with Gasteiger partial charge in [-0.15, -0.1) is 5.10 Å². The summed E-state index contributed by atoms with van der Waals surface area (Å²) in [6.45, 7) is 7.92. The van der Waals surface area contributed by atoms with Crippen molar-refractivity contribution in [2.75, 3.05) is 0 Å². The van der Waals surface area contributed by atoms with Crippen LogP contribution in [0.1, 0.15) is 51.6 Å². The number of hydrogen-bond acceptors (Lipinski definition) is 2. The van der Waals surface area contributed by atoms with Gasteiger partial charge in [-0.3, -0.25) is 4.68 Å². The summed E-state index contributed by atoms with van der Waals surface area (Å²) in [5.74, 6) is 0.493. The second kappa shape index (κ2) is 2.22. The molecule has 1 aromatic rings. The molecule has 0 amide bonds. The lowest BCUT2D eigenvalue weighted by molar-refractivity contribution is 0.163. The molecule has 0 aliphatic heterocycles. The predicted molar refractivity (Wildman–Crippen MR) is 60.9 cm³/mol. The van der Waals surface area contributed by atoms with Crippen molar-refractivity contribution in [2.45, 2.75) is 52.5 Å². The molecule has 3 fully saturated rings. The summed E-state index contributed by atoms with van der Waals surface area (Å²) in [7, 11) is 0. The average Bonchev–Trinajstić information content (AvgIpc) is 2.79. The number of hydrogen-bond donors (Lipinski definition) is 0. The van der Waals surface area contributed by atoms with E-state index < -0.39 is 0 Å². The molecule has 0 aromatic carbocycles. The Morgan fingerprint density at radius 1 is 1.38 bits per heavy atom. The highest BCUT2D eigenvalue weighted by molar-refractivity contribution is 5.42. The molecule has 0 N–H and O–H groups in total. The fourth-order valence-corrected chi connectivity index (χ4v) is 4.59. The van der Waals surface area contributed by atoms with Gasteiger partial charge in [-0.05, 0) is 41.4 Å². The summed E-state index contributed by atoms with van der Waals surface area (Å²) < 4.78 is 2.09. The SMILES string of the molecule is CC(C)c1cn(CC23CC4(C)CC42C3)nn1. The molecule has 16 heavy (non-hydrogen) atoms. The molecule has 1 heterocycles. The minimum absolute atomic E-state index is 0.493. The van der Waals surface area contributed by atoms with Crippen molar-refractivity contribution in [1.29, 1.82) is 0 Å². The summed E-state index contributed by atoms with van der Waals surface area (Å²) >= 11 is 0. The van der Waals surface area contributed by atoms with E-state index in [0.29, 0.717) is 11.3 Å². The third-order valence-corrected chi connectivity index (χ3v) is 5.59. The maximum atomic E-state index is 4.27. The van der Waals surface area contributed by atoms with Crippen LogP contribution in [0.4, 0.5) is 0 Å². The van der Waals surface area contributed by atoms with E-state index >= 15 is 0 Å². The van der Waals surface area contributed by atoms with E-state index in [9.17, 15) is 0 Å². The van der Waals surface area contributed by atoms with Gasteiger partial charge in [-0.25, -0.2) is 0 Å². The molecule has 4 rings (SSSR count). The Kier molecular flexibility index (Phi) is 1.28. The van der Waals surface area contributed by atoms with Crippen LogP contribution in [-0.4, -0.2) is 15.0 Å². The largest absolute Gasteiger partial charge is 0.252 e. The standard InChI is InChI=1S/C13H19N3/c1-9(2)10-4-16(15-14-10)8-12-5-11(3)6-13(11,12)7-12/h4,9H,5-8H2,1-3H3. The van der Waals surface area contributed by atoms with Crippen LogP contribution in [0, 0.1) is 16.2 Å². The maximum absolute atomic E-state index is 4.27. The molecule has 3 atom stereocenters. The van der Waals surface area contributed by atoms with Gasteiger partial charge in [0.1, 0.15) is 0 Å². The van der Waals surface area contributed by atoms with Crippen molar-refractivity contribution in [2.24, 2.45) is 16.2 Å². The molecule has 0 bridgehead atoms. The highest BCUT2D eigenvalue weighted by Gasteiger charge is 2.94. The molecular formula is C13H19N3. The van der Waals surface area contributed by atoms with Gasteiger partial charge in [-0.1, -0.05) is 26.0 Å². The van der Waals surface area contributed by atoms with Crippen molar-refractivity contribution in [3.05, 3.63) is 11.9 Å². The Bertz CT molecular complexity index is 477. The molecule has 0 saturated heterocycles. The molecule has 3 saturated carbocycles. The third-order valence-electron chi connectivity index (χ3n) is 5.59. The second-order valence-electron chi connectivity index (χ2n) is 6.95. The molecule has 3 aliphatic rings. The van der Waals surface area contributed by atoms with E-state index in [0.717, 1.165) is 23.1 Å². The highest BCUT2D eigenvalue weighted by atomic mass is 15.4. The maximum Gasteiger partial charge on any atom is 0.0852 e. The van der Waals surface area contributed by atoms with Gasteiger partial charge in [0.25, 0.3) is 0 Å². The smallest absolute Gasteiger partial charge is 0.0852 e. The molecule has 3 unspecified atom stereocenters. The van der Waals surface area contributed by atoms with Gasteiger partial charge in [0.05, 0.1) is 5.69 Å². The third kappa shape index (κ3) is 0.802. The Morgan fingerprint density at radius 2 is 2.19 bits per heavy atom. The van der Waals surface area contributed by atoms with Gasteiger partial charge >= 0.3 is 0 Å². The van der Waals surface area contributed by atoms with Gasteiger partial charge in [0.2, 0.25) is 0 Å². The van der Waals surface area contributed by atoms with Crippen LogP contribution in [0.5, 0.6) is 0 Å². The summed E-state index contributed by atoms with van der Waals surface area (Å²) in [5.41, 5.74) is 3.24. The summed E-state index contributed by atoms with van der Waals surface area (Å²) in [6, 6.07) is 0. The van der Waals surface area contributed by atoms with Gasteiger partial charge < -0.3 is 0 Å². The lowest BCUT2D eigenvalue weighted by Crippen LogP contribution is -2.28.